The fraction of sp³-hybridized carbons (Fsp3) is 0.385. The third-order valence-electron chi connectivity index (χ3n) is 13.9. The number of hydrogen-bond acceptors (Lipinski definition) is 16. The quantitative estimate of drug-likeness (QED) is 0.0161. The van der Waals surface area contributed by atoms with E-state index in [-0.39, 0.29) is 60.5 Å². The van der Waals surface area contributed by atoms with Crippen molar-refractivity contribution in [2.45, 2.75) is 63.6 Å². The van der Waals surface area contributed by atoms with Gasteiger partial charge in [0.2, 0.25) is 11.6 Å². The smallest absolute Gasteiger partial charge is 0.493 e. The third-order valence-corrected chi connectivity index (χ3v) is 14.6. The van der Waals surface area contributed by atoms with Crippen LogP contribution in [0.3, 0.4) is 0 Å². The van der Waals surface area contributed by atoms with Crippen molar-refractivity contribution in [2.75, 3.05) is 65.1 Å². The summed E-state index contributed by atoms with van der Waals surface area (Å²) in [5.41, 5.74) is 4.46. The summed E-state index contributed by atoms with van der Waals surface area (Å²) < 4.78 is 59.0. The number of hydrogen-bond donors (Lipinski definition) is 3. The molecular weight excluding hydrogens is 979 g/mol. The SMILES string of the molecule is COc1cc(C(C)OC(=O)Oc2ccc([N+](=O)[O-])cc2)c([N+](=O)[O-])cc1OCCN(C)CCNC(=O)C(CS(=O)(=O)O)NC1C(=CC2=[N+](C)c3ccccc3C2(C)C)C(=O)C1C=C1N(C)c2ccccc2C1(C)C. The van der Waals surface area contributed by atoms with Gasteiger partial charge in [0.15, 0.2) is 23.0 Å². The molecule has 21 nitrogen and oxygen atoms in total. The second-order valence-electron chi connectivity index (χ2n) is 19.4. The van der Waals surface area contributed by atoms with Crippen LogP contribution < -0.4 is 29.7 Å². The highest BCUT2D eigenvalue weighted by Gasteiger charge is 2.51. The Hall–Kier alpha value is -7.53. The van der Waals surface area contributed by atoms with Crippen LogP contribution >= 0.6 is 0 Å². The van der Waals surface area contributed by atoms with Gasteiger partial charge in [-0.25, -0.2) is 4.79 Å². The van der Waals surface area contributed by atoms with Gasteiger partial charge < -0.3 is 34.1 Å². The lowest BCUT2D eigenvalue weighted by atomic mass is 9.69. The molecule has 3 aliphatic rings. The van der Waals surface area contributed by atoms with E-state index in [1.165, 1.54) is 32.2 Å². The minimum Gasteiger partial charge on any atom is -0.493 e. The molecule has 1 fully saturated rings. The predicted molar refractivity (Wildman–Crippen MR) is 274 cm³/mol. The highest BCUT2D eigenvalue weighted by molar-refractivity contribution is 7.85. The molecule has 1 aliphatic carbocycles. The van der Waals surface area contributed by atoms with Crippen LogP contribution in [0.1, 0.15) is 57.4 Å². The Morgan fingerprint density at radius 2 is 1.61 bits per heavy atom. The number of para-hydroxylation sites is 2. The van der Waals surface area contributed by atoms with Gasteiger partial charge in [-0.15, -0.1) is 0 Å². The van der Waals surface area contributed by atoms with E-state index in [2.05, 4.69) is 38.3 Å². The molecule has 0 radical (unpaired) electrons. The van der Waals surface area contributed by atoms with Crippen LogP contribution in [0.25, 0.3) is 0 Å². The molecule has 3 N–H and O–H groups in total. The Balaban J connectivity index is 1.02. The summed E-state index contributed by atoms with van der Waals surface area (Å²) in [5.74, 6) is -2.64. The Morgan fingerprint density at radius 1 is 0.946 bits per heavy atom. The minimum atomic E-state index is -4.73. The highest BCUT2D eigenvalue weighted by atomic mass is 32.2. The summed E-state index contributed by atoms with van der Waals surface area (Å²) in [6.07, 6.45) is 1.30. The van der Waals surface area contributed by atoms with E-state index in [0.29, 0.717) is 5.57 Å². The van der Waals surface area contributed by atoms with Gasteiger partial charge in [-0.1, -0.05) is 56.3 Å². The highest BCUT2D eigenvalue weighted by Crippen LogP contribution is 2.49. The molecule has 0 saturated heterocycles. The number of methoxy groups -OCH3 is 1. The monoisotopic (exact) mass is 1040 g/mol. The van der Waals surface area contributed by atoms with Gasteiger partial charge in [0.05, 0.1) is 51.7 Å². The number of allylic oxidation sites excluding steroid dienone is 2. The maximum Gasteiger partial charge on any atom is 0.514 e. The van der Waals surface area contributed by atoms with E-state index in [0.717, 1.165) is 52.1 Å². The lowest BCUT2D eigenvalue weighted by Crippen LogP contribution is -2.61. The Morgan fingerprint density at radius 3 is 2.23 bits per heavy atom. The van der Waals surface area contributed by atoms with Crippen molar-refractivity contribution in [3.05, 3.63) is 145 Å². The summed E-state index contributed by atoms with van der Waals surface area (Å²) in [6.45, 7) is 10.2. The van der Waals surface area contributed by atoms with Crippen molar-refractivity contribution in [3.8, 4) is 17.2 Å². The molecule has 2 aliphatic heterocycles. The Kier molecular flexibility index (Phi) is 15.8. The first-order valence-corrected chi connectivity index (χ1v) is 25.3. The topological polar surface area (TPSA) is 262 Å². The number of nitrogens with one attached hydrogen (secondary N) is 2. The van der Waals surface area contributed by atoms with Gasteiger partial charge in [0.25, 0.3) is 21.5 Å². The van der Waals surface area contributed by atoms with E-state index < -0.39 is 78.4 Å². The Bertz CT molecular complexity index is 3100. The predicted octanol–water partition coefficient (Wildman–Crippen LogP) is 6.57. The molecule has 4 aromatic carbocycles. The summed E-state index contributed by atoms with van der Waals surface area (Å²) in [6, 6.07) is 20.7. The largest absolute Gasteiger partial charge is 0.514 e. The van der Waals surface area contributed by atoms with Crippen LogP contribution in [0.15, 0.2) is 108 Å². The van der Waals surface area contributed by atoms with Gasteiger partial charge in [-0.3, -0.25) is 39.7 Å². The lowest BCUT2D eigenvalue weighted by Gasteiger charge is -2.40. The van der Waals surface area contributed by atoms with Crippen molar-refractivity contribution in [1.29, 1.82) is 0 Å². The lowest BCUT2D eigenvalue weighted by molar-refractivity contribution is -0.401. The molecule has 4 unspecified atom stereocenters. The van der Waals surface area contributed by atoms with Crippen LogP contribution in [0.2, 0.25) is 0 Å². The number of carbonyl (C=O) groups excluding carboxylic acids is 3. The molecule has 74 heavy (non-hydrogen) atoms. The number of carbonyl (C=O) groups is 3. The second-order valence-corrected chi connectivity index (χ2v) is 20.9. The van der Waals surface area contributed by atoms with Crippen molar-refractivity contribution >= 4 is 56.4 Å². The number of fused-ring (bicyclic) bond motifs is 2. The van der Waals surface area contributed by atoms with Gasteiger partial charge in [-0.2, -0.15) is 13.0 Å². The number of nitrogens with zero attached hydrogens (tertiary/aromatic N) is 5. The summed E-state index contributed by atoms with van der Waals surface area (Å²) in [5, 5.41) is 29.1. The summed E-state index contributed by atoms with van der Waals surface area (Å²) in [7, 11) is 2.18. The van der Waals surface area contributed by atoms with Gasteiger partial charge >= 0.3 is 6.16 Å². The summed E-state index contributed by atoms with van der Waals surface area (Å²) in [4.78, 5) is 66.7. The first-order valence-electron chi connectivity index (χ1n) is 23.7. The number of amides is 1. The normalized spacial score (nSPS) is 19.4. The number of nitro benzene ring substituents is 2. The fourth-order valence-electron chi connectivity index (χ4n) is 9.83. The molecule has 2 heterocycles. The molecular formula is C52H60N7O14S+. The van der Waals surface area contributed by atoms with Crippen molar-refractivity contribution in [2.24, 2.45) is 5.92 Å². The first kappa shape index (κ1) is 54.2. The number of Topliss-reactive ketones (excluding diaryl/α,β-unsaturated/α-hetero) is 1. The number of benzene rings is 4. The van der Waals surface area contributed by atoms with Gasteiger partial charge in [0, 0.05) is 78.9 Å². The maximum atomic E-state index is 14.5. The molecule has 4 aromatic rings. The average molecular weight is 1040 g/mol. The number of likely N-dealkylation sites (N-methyl/N-ethyl adjacent to an activating group) is 2. The van der Waals surface area contributed by atoms with Crippen molar-refractivity contribution < 1.29 is 60.7 Å². The number of rotatable bonds is 20. The van der Waals surface area contributed by atoms with Crippen LogP contribution in [0.4, 0.5) is 27.5 Å². The van der Waals surface area contributed by atoms with E-state index in [9.17, 15) is 47.6 Å². The molecule has 1 saturated carbocycles. The fourth-order valence-corrected chi connectivity index (χ4v) is 10.5. The number of ketones is 1. The van der Waals surface area contributed by atoms with E-state index in [1.54, 1.807) is 11.9 Å². The molecule has 4 atom stereocenters. The van der Waals surface area contributed by atoms with E-state index in [4.69, 9.17) is 18.9 Å². The molecule has 7 rings (SSSR count). The van der Waals surface area contributed by atoms with Crippen molar-refractivity contribution in [3.63, 3.8) is 0 Å². The number of non-ortho nitro benzene ring substituents is 1. The van der Waals surface area contributed by atoms with E-state index >= 15 is 0 Å². The minimum absolute atomic E-state index is 0.00721. The van der Waals surface area contributed by atoms with Crippen LogP contribution in [-0.2, 0) is 35.3 Å². The standard InChI is InChI=1S/C52H59N7O14S/c1-31(72-50(62)73-33-20-18-32(19-21-33)58(63)64)34-26-43(70-9)44(29-42(34)59(65)66)71-25-24-55(6)23-22-53-49(61)39(30-74(67,68)69)54-47-35(27-45-51(2,3)37-14-10-12-16-40(37)56(45)7)48(60)36(47)28-46-52(4,5)38-15-11-13-17-41(38)57(46)8/h10-21,26-29,31,35,39,47,54H,22-25,30H2,1-9H3,(H-,53,61,67,68,69)/p+1. The Labute approximate surface area is 428 Å². The number of nitro groups is 2. The molecule has 0 spiro atoms. The maximum absolute atomic E-state index is 14.5. The zero-order valence-electron chi connectivity index (χ0n) is 42.5. The zero-order chi connectivity index (χ0) is 54.0. The summed E-state index contributed by atoms with van der Waals surface area (Å²) >= 11 is 0. The first-order chi connectivity index (χ1) is 34.8. The van der Waals surface area contributed by atoms with Crippen LogP contribution in [0, 0.1) is 26.1 Å². The third kappa shape index (κ3) is 11.3. The van der Waals surface area contributed by atoms with E-state index in [1.807, 2.05) is 84.3 Å². The number of anilines is 1. The molecule has 0 aromatic heterocycles. The molecule has 392 valence electrons. The zero-order valence-corrected chi connectivity index (χ0v) is 43.3. The molecule has 1 amide bonds. The molecule has 22 heteroatoms. The molecule has 0 bridgehead atoms. The second kappa shape index (κ2) is 21.5. The van der Waals surface area contributed by atoms with Crippen molar-refractivity contribution in [1.82, 2.24) is 15.5 Å². The average Bonchev–Trinajstić information content (AvgIpc) is 3.66. The van der Waals surface area contributed by atoms with Crippen LogP contribution in [0.5, 0.6) is 17.2 Å². The van der Waals surface area contributed by atoms with Crippen LogP contribution in [-0.4, -0.2) is 128 Å². The van der Waals surface area contributed by atoms with Gasteiger partial charge in [-0.05, 0) is 57.6 Å². The number of ether oxygens (including phenoxy) is 4. The van der Waals surface area contributed by atoms with Gasteiger partial charge in [0.1, 0.15) is 31.5 Å².